The highest BCUT2D eigenvalue weighted by atomic mass is 16.3. The second-order valence-electron chi connectivity index (χ2n) is 14.2. The molecule has 0 fully saturated rings. The van der Waals surface area contributed by atoms with Crippen LogP contribution in [0.1, 0.15) is 0 Å². The molecule has 0 aliphatic heterocycles. The van der Waals surface area contributed by atoms with E-state index in [1.54, 1.807) is 6.20 Å². The van der Waals surface area contributed by atoms with Gasteiger partial charge in [0.2, 0.25) is 0 Å². The van der Waals surface area contributed by atoms with Crippen LogP contribution in [0, 0.1) is 0 Å². The highest BCUT2D eigenvalue weighted by Crippen LogP contribution is 2.40. The zero-order valence-electron chi connectivity index (χ0n) is 29.9. The van der Waals surface area contributed by atoms with Crippen molar-refractivity contribution in [2.45, 2.75) is 0 Å². The predicted octanol–water partition coefficient (Wildman–Crippen LogP) is 12.7. The first-order valence-electron chi connectivity index (χ1n) is 18.7. The van der Waals surface area contributed by atoms with Crippen LogP contribution < -0.4 is 0 Å². The number of nitrogens with zero attached hydrogens (tertiary/aromatic N) is 5. The number of hydrogen-bond donors (Lipinski definition) is 0. The molecule has 4 aromatic heterocycles. The van der Waals surface area contributed by atoms with Crippen LogP contribution in [0.5, 0.6) is 0 Å². The molecule has 0 radical (unpaired) electrons. The Hall–Kier alpha value is -7.70. The summed E-state index contributed by atoms with van der Waals surface area (Å²) in [5, 5.41) is 11.2. The van der Waals surface area contributed by atoms with E-state index in [2.05, 4.69) is 155 Å². The molecule has 56 heavy (non-hydrogen) atoms. The minimum atomic E-state index is 0.566. The van der Waals surface area contributed by atoms with Crippen molar-refractivity contribution in [2.75, 3.05) is 0 Å². The molecule has 12 rings (SSSR count). The first-order chi connectivity index (χ1) is 27.8. The molecule has 0 aliphatic rings. The molecule has 6 nitrogen and oxygen atoms in total. The maximum Gasteiger partial charge on any atom is 0.164 e. The monoisotopic (exact) mass is 715 g/mol. The van der Waals surface area contributed by atoms with Crippen molar-refractivity contribution in [3.63, 3.8) is 0 Å². The summed E-state index contributed by atoms with van der Waals surface area (Å²) in [6, 6.07) is 57.4. The molecule has 0 N–H and O–H groups in total. The molecule has 8 aromatic carbocycles. The standard InChI is InChI=1S/C50H29N5O/c1-2-11-33-30(10-1)20-21-31-28-32(22-23-34(31)33)48-52-49(54-50(53-48)40-16-9-19-46-47(40)41-29-51-27-26-45(41)56-46)39-24-25-44(36-13-4-3-12-35(36)39)55-42-17-7-5-14-37(42)38-15-6-8-18-43(38)55/h1-29H. The van der Waals surface area contributed by atoms with Crippen molar-refractivity contribution >= 4 is 76.1 Å². The van der Waals surface area contributed by atoms with E-state index in [-0.39, 0.29) is 0 Å². The second kappa shape index (κ2) is 11.9. The SMILES string of the molecule is c1ccc2c(c1)ccc1cc(-c3nc(-c4ccc(-n5c6ccccc6c6ccccc65)c5ccccc45)nc(-c4cccc5oc6ccncc6c45)n3)ccc12. The van der Waals surface area contributed by atoms with Crippen molar-refractivity contribution in [3.8, 4) is 39.9 Å². The average Bonchev–Trinajstić information content (AvgIpc) is 3.82. The lowest BCUT2D eigenvalue weighted by atomic mass is 9.99. The van der Waals surface area contributed by atoms with Gasteiger partial charge in [-0.15, -0.1) is 0 Å². The van der Waals surface area contributed by atoms with Crippen LogP contribution in [0.2, 0.25) is 0 Å². The maximum absolute atomic E-state index is 6.28. The third kappa shape index (κ3) is 4.56. The fraction of sp³-hybridized carbons (Fsp3) is 0. The summed E-state index contributed by atoms with van der Waals surface area (Å²) in [4.78, 5) is 20.2. The zero-order valence-corrected chi connectivity index (χ0v) is 29.9. The van der Waals surface area contributed by atoms with Gasteiger partial charge in [0.05, 0.1) is 16.7 Å². The molecule has 0 spiro atoms. The predicted molar refractivity (Wildman–Crippen MR) is 228 cm³/mol. The van der Waals surface area contributed by atoms with Crippen LogP contribution in [0.4, 0.5) is 0 Å². The van der Waals surface area contributed by atoms with E-state index in [0.29, 0.717) is 17.5 Å². The fourth-order valence-corrected chi connectivity index (χ4v) is 8.61. The number of hydrogen-bond acceptors (Lipinski definition) is 5. The van der Waals surface area contributed by atoms with E-state index in [1.165, 1.54) is 26.9 Å². The Bertz CT molecular complexity index is 3510. The minimum Gasteiger partial charge on any atom is -0.456 e. The van der Waals surface area contributed by atoms with Gasteiger partial charge >= 0.3 is 0 Å². The molecule has 0 atom stereocenters. The lowest BCUT2D eigenvalue weighted by molar-refractivity contribution is 0.668. The van der Waals surface area contributed by atoms with Crippen LogP contribution in [-0.4, -0.2) is 24.5 Å². The molecule has 12 aromatic rings. The number of pyridine rings is 1. The first-order valence-corrected chi connectivity index (χ1v) is 18.7. The topological polar surface area (TPSA) is 69.6 Å². The summed E-state index contributed by atoms with van der Waals surface area (Å²) >= 11 is 0. The van der Waals surface area contributed by atoms with E-state index >= 15 is 0 Å². The highest BCUT2D eigenvalue weighted by molar-refractivity contribution is 6.13. The average molecular weight is 716 g/mol. The summed E-state index contributed by atoms with van der Waals surface area (Å²) in [6.07, 6.45) is 3.60. The van der Waals surface area contributed by atoms with Gasteiger partial charge in [0.1, 0.15) is 11.2 Å². The number of aromatic nitrogens is 5. The number of para-hydroxylation sites is 2. The second-order valence-corrected chi connectivity index (χ2v) is 14.2. The summed E-state index contributed by atoms with van der Waals surface area (Å²) in [5.41, 5.74) is 7.64. The van der Waals surface area contributed by atoms with Gasteiger partial charge in [-0.1, -0.05) is 121 Å². The number of furan rings is 1. The third-order valence-electron chi connectivity index (χ3n) is 11.1. The maximum atomic E-state index is 6.28. The van der Waals surface area contributed by atoms with E-state index in [4.69, 9.17) is 19.4 Å². The summed E-state index contributed by atoms with van der Waals surface area (Å²) < 4.78 is 8.65. The van der Waals surface area contributed by atoms with Crippen molar-refractivity contribution < 1.29 is 4.42 Å². The molecule has 0 aliphatic carbocycles. The van der Waals surface area contributed by atoms with Crippen LogP contribution in [0.25, 0.3) is 116 Å². The van der Waals surface area contributed by atoms with Gasteiger partial charge in [0, 0.05) is 56.0 Å². The van der Waals surface area contributed by atoms with Gasteiger partial charge in [0.15, 0.2) is 17.5 Å². The number of fused-ring (bicyclic) bond motifs is 10. The lowest BCUT2D eigenvalue weighted by Gasteiger charge is -2.15. The Morgan fingerprint density at radius 3 is 1.89 bits per heavy atom. The smallest absolute Gasteiger partial charge is 0.164 e. The van der Waals surface area contributed by atoms with Gasteiger partial charge in [-0.05, 0) is 69.4 Å². The van der Waals surface area contributed by atoms with Crippen molar-refractivity contribution in [1.29, 1.82) is 0 Å². The van der Waals surface area contributed by atoms with Gasteiger partial charge in [-0.25, -0.2) is 15.0 Å². The van der Waals surface area contributed by atoms with Crippen LogP contribution in [0.3, 0.4) is 0 Å². The Morgan fingerprint density at radius 1 is 0.411 bits per heavy atom. The third-order valence-corrected chi connectivity index (χ3v) is 11.1. The van der Waals surface area contributed by atoms with Crippen molar-refractivity contribution in [1.82, 2.24) is 24.5 Å². The normalized spacial score (nSPS) is 11.9. The van der Waals surface area contributed by atoms with E-state index in [9.17, 15) is 0 Å². The van der Waals surface area contributed by atoms with Gasteiger partial charge in [0.25, 0.3) is 0 Å². The highest BCUT2D eigenvalue weighted by Gasteiger charge is 2.21. The Kier molecular flexibility index (Phi) is 6.53. The van der Waals surface area contributed by atoms with E-state index < -0.39 is 0 Å². The fourth-order valence-electron chi connectivity index (χ4n) is 8.61. The van der Waals surface area contributed by atoms with Crippen LogP contribution >= 0.6 is 0 Å². The summed E-state index contributed by atoms with van der Waals surface area (Å²) in [6.45, 7) is 0. The molecule has 4 heterocycles. The van der Waals surface area contributed by atoms with E-state index in [1.807, 2.05) is 24.4 Å². The number of rotatable bonds is 4. The molecule has 0 bridgehead atoms. The van der Waals surface area contributed by atoms with Crippen LogP contribution in [0.15, 0.2) is 181 Å². The minimum absolute atomic E-state index is 0.566. The largest absolute Gasteiger partial charge is 0.456 e. The number of benzene rings is 8. The van der Waals surface area contributed by atoms with E-state index in [0.717, 1.165) is 71.5 Å². The van der Waals surface area contributed by atoms with Gasteiger partial charge in [-0.3, -0.25) is 4.98 Å². The summed E-state index contributed by atoms with van der Waals surface area (Å²) in [5.74, 6) is 1.76. The Balaban J connectivity index is 1.12. The molecule has 0 unspecified atom stereocenters. The van der Waals surface area contributed by atoms with Crippen molar-refractivity contribution in [2.24, 2.45) is 0 Å². The zero-order chi connectivity index (χ0) is 36.7. The lowest BCUT2D eigenvalue weighted by Crippen LogP contribution is -2.02. The van der Waals surface area contributed by atoms with Gasteiger partial charge in [-0.2, -0.15) is 0 Å². The van der Waals surface area contributed by atoms with Gasteiger partial charge < -0.3 is 8.98 Å². The molecule has 0 saturated heterocycles. The molecular weight excluding hydrogens is 687 g/mol. The van der Waals surface area contributed by atoms with Crippen LogP contribution in [-0.2, 0) is 0 Å². The first kappa shape index (κ1) is 30.7. The Morgan fingerprint density at radius 2 is 1.07 bits per heavy atom. The molecule has 0 amide bonds. The quantitative estimate of drug-likeness (QED) is 0.170. The molecule has 6 heteroatoms. The Labute approximate surface area is 320 Å². The van der Waals surface area contributed by atoms with Crippen molar-refractivity contribution in [3.05, 3.63) is 176 Å². The summed E-state index contributed by atoms with van der Waals surface area (Å²) in [7, 11) is 0. The molecule has 0 saturated carbocycles. The molecule has 260 valence electrons. The molecular formula is C50H29N5O.